The summed E-state index contributed by atoms with van der Waals surface area (Å²) in [7, 11) is 0. The maximum absolute atomic E-state index is 12.3. The van der Waals surface area contributed by atoms with Gasteiger partial charge >= 0.3 is 0 Å². The third-order valence-electron chi connectivity index (χ3n) is 4.48. The lowest BCUT2D eigenvalue weighted by Crippen LogP contribution is -2.28. The lowest BCUT2D eigenvalue weighted by Gasteiger charge is -2.18. The number of amidine groups is 1. The molecule has 1 fully saturated rings. The zero-order valence-corrected chi connectivity index (χ0v) is 17.0. The van der Waals surface area contributed by atoms with E-state index in [1.54, 1.807) is 42.5 Å². The number of hydrogen-bond donors (Lipinski definition) is 2. The van der Waals surface area contributed by atoms with Crippen molar-refractivity contribution in [3.05, 3.63) is 48.0 Å². The number of fused-ring (bicyclic) bond motifs is 1. The van der Waals surface area contributed by atoms with E-state index in [9.17, 15) is 14.4 Å². The molecule has 1 saturated heterocycles. The number of ether oxygens (including phenoxy) is 2. The summed E-state index contributed by atoms with van der Waals surface area (Å²) >= 11 is 1.21. The largest absolute Gasteiger partial charge is 0.486 e. The van der Waals surface area contributed by atoms with Gasteiger partial charge in [0.05, 0.1) is 5.69 Å². The zero-order valence-electron chi connectivity index (χ0n) is 16.1. The van der Waals surface area contributed by atoms with Crippen LogP contribution in [0, 0.1) is 0 Å². The summed E-state index contributed by atoms with van der Waals surface area (Å²) in [5.74, 6) is 0.678. The molecule has 2 heterocycles. The van der Waals surface area contributed by atoms with Gasteiger partial charge in [-0.3, -0.25) is 14.4 Å². The number of hydrogen-bond acceptors (Lipinski definition) is 7. The minimum absolute atomic E-state index is 0.00508. The Balaban J connectivity index is 1.37. The van der Waals surface area contributed by atoms with Crippen molar-refractivity contribution in [2.75, 3.05) is 18.5 Å². The van der Waals surface area contributed by atoms with Gasteiger partial charge in [0, 0.05) is 23.7 Å². The molecule has 2 aromatic rings. The molecule has 1 atom stereocenters. The third kappa shape index (κ3) is 4.62. The second-order valence-corrected chi connectivity index (χ2v) is 7.92. The first kappa shape index (κ1) is 20.0. The lowest BCUT2D eigenvalue weighted by atomic mass is 10.1. The average molecular weight is 425 g/mol. The van der Waals surface area contributed by atoms with E-state index in [-0.39, 0.29) is 24.0 Å². The highest BCUT2D eigenvalue weighted by Crippen LogP contribution is 2.34. The summed E-state index contributed by atoms with van der Waals surface area (Å²) in [5, 5.41) is 5.31. The average Bonchev–Trinajstić information content (AvgIpc) is 3.06. The Morgan fingerprint density at radius 3 is 2.60 bits per heavy atom. The van der Waals surface area contributed by atoms with Crippen LogP contribution in [-0.4, -0.2) is 41.2 Å². The van der Waals surface area contributed by atoms with E-state index in [1.807, 2.05) is 0 Å². The van der Waals surface area contributed by atoms with Crippen molar-refractivity contribution in [3.63, 3.8) is 0 Å². The minimum Gasteiger partial charge on any atom is -0.486 e. The van der Waals surface area contributed by atoms with E-state index in [0.29, 0.717) is 46.8 Å². The summed E-state index contributed by atoms with van der Waals surface area (Å²) in [6, 6.07) is 11.9. The minimum atomic E-state index is -0.572. The van der Waals surface area contributed by atoms with Crippen molar-refractivity contribution in [1.29, 1.82) is 0 Å². The van der Waals surface area contributed by atoms with Crippen molar-refractivity contribution in [1.82, 2.24) is 5.32 Å². The molecule has 0 bridgehead atoms. The van der Waals surface area contributed by atoms with Crippen molar-refractivity contribution in [3.8, 4) is 11.5 Å². The van der Waals surface area contributed by atoms with Gasteiger partial charge in [0.25, 0.3) is 0 Å². The Bertz CT molecular complexity index is 1040. The van der Waals surface area contributed by atoms with E-state index in [4.69, 9.17) is 9.47 Å². The van der Waals surface area contributed by atoms with Gasteiger partial charge in [-0.25, -0.2) is 4.99 Å². The highest BCUT2D eigenvalue weighted by atomic mass is 32.2. The van der Waals surface area contributed by atoms with Crippen molar-refractivity contribution >= 4 is 45.9 Å². The number of rotatable bonds is 5. The van der Waals surface area contributed by atoms with Gasteiger partial charge in [-0.15, -0.1) is 0 Å². The number of aliphatic imine (C=N–C) groups is 1. The molecule has 2 amide bonds. The van der Waals surface area contributed by atoms with Gasteiger partial charge in [-0.2, -0.15) is 0 Å². The van der Waals surface area contributed by atoms with Crippen molar-refractivity contribution in [2.45, 2.75) is 18.6 Å². The number of carbonyl (C=O) groups excluding carboxylic acids is 3. The molecule has 2 aromatic carbocycles. The fraction of sp³-hybridized carbons (Fsp3) is 0.238. The maximum Gasteiger partial charge on any atom is 0.240 e. The van der Waals surface area contributed by atoms with E-state index in [2.05, 4.69) is 15.6 Å². The molecule has 154 valence electrons. The highest BCUT2D eigenvalue weighted by Gasteiger charge is 2.32. The Kier molecular flexibility index (Phi) is 5.71. The number of nitrogens with zero attached hydrogens (tertiary/aromatic N) is 1. The predicted molar refractivity (Wildman–Crippen MR) is 114 cm³/mol. The molecule has 2 aliphatic rings. The van der Waals surface area contributed by atoms with Gasteiger partial charge in [0.15, 0.2) is 22.4 Å². The van der Waals surface area contributed by atoms with Crippen LogP contribution in [-0.2, 0) is 9.59 Å². The number of anilines is 1. The Morgan fingerprint density at radius 1 is 1.13 bits per heavy atom. The zero-order chi connectivity index (χ0) is 21.1. The normalized spacial score (nSPS) is 18.8. The Morgan fingerprint density at radius 2 is 1.87 bits per heavy atom. The summed E-state index contributed by atoms with van der Waals surface area (Å²) in [4.78, 5) is 40.3. The second-order valence-electron chi connectivity index (χ2n) is 6.73. The summed E-state index contributed by atoms with van der Waals surface area (Å²) in [6.45, 7) is 2.47. The first-order valence-electron chi connectivity index (χ1n) is 9.34. The first-order valence-corrected chi connectivity index (χ1v) is 10.2. The molecular weight excluding hydrogens is 406 g/mol. The monoisotopic (exact) mass is 425 g/mol. The van der Waals surface area contributed by atoms with E-state index >= 15 is 0 Å². The van der Waals surface area contributed by atoms with Crippen LogP contribution in [0.3, 0.4) is 0 Å². The third-order valence-corrected chi connectivity index (χ3v) is 5.56. The number of nitrogens with one attached hydrogen (secondary N) is 2. The van der Waals surface area contributed by atoms with E-state index in [0.717, 1.165) is 0 Å². The van der Waals surface area contributed by atoms with Crippen LogP contribution in [0.4, 0.5) is 11.4 Å². The number of carbonyl (C=O) groups is 3. The molecule has 4 rings (SSSR count). The Labute approximate surface area is 177 Å². The molecule has 0 aromatic heterocycles. The number of amides is 2. The summed E-state index contributed by atoms with van der Waals surface area (Å²) < 4.78 is 11.0. The van der Waals surface area contributed by atoms with Gasteiger partial charge in [-0.1, -0.05) is 11.8 Å². The van der Waals surface area contributed by atoms with Crippen LogP contribution in [0.25, 0.3) is 0 Å². The van der Waals surface area contributed by atoms with Gasteiger partial charge in [0.1, 0.15) is 18.5 Å². The Hall–Kier alpha value is -3.33. The second kappa shape index (κ2) is 8.58. The SMILES string of the molecule is CC(=O)c1ccc(NC(=O)C[C@H]2SC(=Nc3ccc4c(c3)OCCO4)NC2=O)cc1. The number of thioether (sulfide) groups is 1. The quantitative estimate of drug-likeness (QED) is 0.714. The van der Waals surface area contributed by atoms with Crippen LogP contribution in [0.15, 0.2) is 47.5 Å². The number of benzene rings is 2. The molecule has 0 radical (unpaired) electrons. The molecule has 2 aliphatic heterocycles. The molecule has 2 N–H and O–H groups in total. The first-order chi connectivity index (χ1) is 14.5. The lowest BCUT2D eigenvalue weighted by molar-refractivity contribution is -0.122. The summed E-state index contributed by atoms with van der Waals surface area (Å²) in [5.41, 5.74) is 1.76. The molecule has 9 heteroatoms. The molecule has 0 unspecified atom stereocenters. The number of ketones is 1. The molecule has 8 nitrogen and oxygen atoms in total. The maximum atomic E-state index is 12.3. The van der Waals surface area contributed by atoms with Gasteiger partial charge in [0.2, 0.25) is 11.8 Å². The van der Waals surface area contributed by atoms with Crippen molar-refractivity contribution < 1.29 is 23.9 Å². The highest BCUT2D eigenvalue weighted by molar-refractivity contribution is 8.15. The standard InChI is InChI=1S/C21H19N3O5S/c1-12(25)13-2-4-14(5-3-13)22-19(26)11-18-20(27)24-21(30-18)23-15-6-7-16-17(10-15)29-9-8-28-16/h2-7,10,18H,8-9,11H2,1H3,(H,22,26)(H,23,24,27)/t18-/m1/s1. The molecule has 0 saturated carbocycles. The topological polar surface area (TPSA) is 106 Å². The van der Waals surface area contributed by atoms with Crippen LogP contribution >= 0.6 is 11.8 Å². The van der Waals surface area contributed by atoms with E-state index in [1.165, 1.54) is 18.7 Å². The molecular formula is C21H19N3O5S. The molecule has 0 spiro atoms. The molecule has 30 heavy (non-hydrogen) atoms. The predicted octanol–water partition coefficient (Wildman–Crippen LogP) is 2.91. The van der Waals surface area contributed by atoms with Crippen molar-refractivity contribution in [2.24, 2.45) is 4.99 Å². The van der Waals surface area contributed by atoms with E-state index < -0.39 is 5.25 Å². The van der Waals surface area contributed by atoms with Crippen LogP contribution < -0.4 is 20.1 Å². The van der Waals surface area contributed by atoms with Crippen LogP contribution in [0.5, 0.6) is 11.5 Å². The summed E-state index contributed by atoms with van der Waals surface area (Å²) in [6.07, 6.45) is 0.00508. The van der Waals surface area contributed by atoms with Crippen LogP contribution in [0.2, 0.25) is 0 Å². The van der Waals surface area contributed by atoms with Gasteiger partial charge < -0.3 is 20.1 Å². The fourth-order valence-corrected chi connectivity index (χ4v) is 3.97. The smallest absolute Gasteiger partial charge is 0.240 e. The van der Waals surface area contributed by atoms with Gasteiger partial charge in [-0.05, 0) is 43.3 Å². The fourth-order valence-electron chi connectivity index (χ4n) is 2.98. The molecule has 0 aliphatic carbocycles. The number of Topliss-reactive ketones (excluding diaryl/α,β-unsaturated/α-hetero) is 1. The van der Waals surface area contributed by atoms with Crippen LogP contribution in [0.1, 0.15) is 23.7 Å².